The summed E-state index contributed by atoms with van der Waals surface area (Å²) >= 11 is 0.147. The van der Waals surface area contributed by atoms with E-state index in [1.54, 1.807) is 0 Å². The van der Waals surface area contributed by atoms with E-state index in [1.807, 2.05) is 12.3 Å². The van der Waals surface area contributed by atoms with Gasteiger partial charge in [-0.05, 0) is 0 Å². The summed E-state index contributed by atoms with van der Waals surface area (Å²) in [7, 11) is 0. The zero-order chi connectivity index (χ0) is 19.0. The second-order valence-corrected chi connectivity index (χ2v) is 10.0. The zero-order valence-corrected chi connectivity index (χ0v) is 17.4. The van der Waals surface area contributed by atoms with Crippen molar-refractivity contribution in [3.05, 3.63) is 71.9 Å². The molecule has 6 heteroatoms. The van der Waals surface area contributed by atoms with E-state index >= 15 is 0 Å². The number of nitrogens with two attached hydrogens (primary N) is 1. The van der Waals surface area contributed by atoms with Crippen LogP contribution in [0, 0.1) is 5.41 Å². The van der Waals surface area contributed by atoms with Crippen LogP contribution >= 0.6 is 0 Å². The van der Waals surface area contributed by atoms with Crippen LogP contribution in [0.3, 0.4) is 0 Å². The first-order valence-corrected chi connectivity index (χ1v) is 11.5. The summed E-state index contributed by atoms with van der Waals surface area (Å²) in [5.41, 5.74) is 9.62. The monoisotopic (exact) mass is 437 g/mol. The van der Waals surface area contributed by atoms with Gasteiger partial charge < -0.3 is 0 Å². The second-order valence-electron chi connectivity index (χ2n) is 7.71. The van der Waals surface area contributed by atoms with Gasteiger partial charge in [-0.25, -0.2) is 0 Å². The predicted octanol–water partition coefficient (Wildman–Crippen LogP) is 1.37. The molecule has 0 unspecified atom stereocenters. The summed E-state index contributed by atoms with van der Waals surface area (Å²) in [5, 5.41) is 8.86. The van der Waals surface area contributed by atoms with Gasteiger partial charge in [0.15, 0.2) is 0 Å². The number of nitrogens with zero attached hydrogens (tertiary/aromatic N) is 4. The van der Waals surface area contributed by atoms with Crippen molar-refractivity contribution in [1.29, 1.82) is 0 Å². The maximum atomic E-state index is 6.67. The van der Waals surface area contributed by atoms with Gasteiger partial charge in [0.25, 0.3) is 0 Å². The number of benzene rings is 2. The van der Waals surface area contributed by atoms with Gasteiger partial charge in [0.2, 0.25) is 0 Å². The van der Waals surface area contributed by atoms with Crippen molar-refractivity contribution in [2.75, 3.05) is 18.0 Å². The molecule has 0 radical (unpaired) electrons. The Morgan fingerprint density at radius 3 is 2.43 bits per heavy atom. The van der Waals surface area contributed by atoms with E-state index in [2.05, 4.69) is 68.6 Å². The fourth-order valence-corrected chi connectivity index (χ4v) is 6.03. The molecule has 1 fully saturated rings. The van der Waals surface area contributed by atoms with Crippen LogP contribution in [0.4, 0.5) is 5.95 Å². The molecule has 1 aromatic heterocycles. The van der Waals surface area contributed by atoms with Crippen molar-refractivity contribution >= 4 is 30.0 Å². The zero-order valence-electron chi connectivity index (χ0n) is 15.7. The Morgan fingerprint density at radius 2 is 1.71 bits per heavy atom. The van der Waals surface area contributed by atoms with Gasteiger partial charge >= 0.3 is 172 Å². The molecule has 28 heavy (non-hydrogen) atoms. The summed E-state index contributed by atoms with van der Waals surface area (Å²) < 4.78 is 2.25. The van der Waals surface area contributed by atoms with Gasteiger partial charge in [-0.15, -0.1) is 0 Å². The topological polar surface area (TPSA) is 67.9 Å². The number of fused-ring (bicyclic) bond motifs is 1. The van der Waals surface area contributed by atoms with Crippen LogP contribution in [-0.4, -0.2) is 43.2 Å². The molecule has 0 saturated carbocycles. The van der Waals surface area contributed by atoms with E-state index in [-0.39, 0.29) is 26.4 Å². The molecule has 0 amide bonds. The average Bonchev–Trinajstić information content (AvgIpc) is 3.02. The molecule has 2 aliphatic rings. The normalized spacial score (nSPS) is 20.3. The summed E-state index contributed by atoms with van der Waals surface area (Å²) in [6.45, 7) is 1.87. The predicted molar refractivity (Wildman–Crippen MR) is 112 cm³/mol. The third kappa shape index (κ3) is 3.22. The number of rotatable bonds is 3. The first kappa shape index (κ1) is 17.8. The summed E-state index contributed by atoms with van der Waals surface area (Å²) in [6, 6.07) is 19.2. The molecule has 1 aliphatic carbocycles. The number of anilines is 1. The molecule has 2 aromatic carbocycles. The van der Waals surface area contributed by atoms with E-state index in [0.29, 0.717) is 0 Å². The standard InChI is InChI=1S/C22H23N5Se/c23-20-18-9-5-4-6-16(18)14-22(20)10-12-27(13-11-22)21-24-15-19(25-26-21)28-17-7-2-1-3-8-17/h1-9,15,20H,10-14,23H2/t20-/m1/s1. The van der Waals surface area contributed by atoms with Crippen LogP contribution in [0.5, 0.6) is 0 Å². The Morgan fingerprint density at radius 1 is 0.964 bits per heavy atom. The summed E-state index contributed by atoms with van der Waals surface area (Å²) in [4.78, 5) is 6.87. The summed E-state index contributed by atoms with van der Waals surface area (Å²) in [6.07, 6.45) is 5.12. The molecule has 3 aromatic rings. The Kier molecular flexibility index (Phi) is 4.63. The first-order valence-electron chi connectivity index (χ1n) is 9.74. The third-order valence-corrected chi connectivity index (χ3v) is 8.03. The summed E-state index contributed by atoms with van der Waals surface area (Å²) in [5.74, 6) is 0.742. The van der Waals surface area contributed by atoms with E-state index in [9.17, 15) is 0 Å². The van der Waals surface area contributed by atoms with Gasteiger partial charge in [0.05, 0.1) is 0 Å². The van der Waals surface area contributed by atoms with Crippen LogP contribution in [-0.2, 0) is 6.42 Å². The van der Waals surface area contributed by atoms with Crippen LogP contribution in [0.2, 0.25) is 0 Å². The fourth-order valence-electron chi connectivity index (χ4n) is 4.52. The molecule has 5 rings (SSSR count). The molecule has 5 nitrogen and oxygen atoms in total. The quantitative estimate of drug-likeness (QED) is 0.629. The van der Waals surface area contributed by atoms with Crippen molar-refractivity contribution in [1.82, 2.24) is 15.2 Å². The number of hydrogen-bond acceptors (Lipinski definition) is 5. The first-order chi connectivity index (χ1) is 13.7. The SMILES string of the molecule is N[C@@H]1c2ccccc2CC12CCN(c1ncc([Se]c3ccccc3)nn1)CC2. The molecule has 2 N–H and O–H groups in total. The van der Waals surface area contributed by atoms with E-state index < -0.39 is 0 Å². The van der Waals surface area contributed by atoms with Crippen molar-refractivity contribution in [3.8, 4) is 0 Å². The van der Waals surface area contributed by atoms with Crippen molar-refractivity contribution in [3.63, 3.8) is 0 Å². The van der Waals surface area contributed by atoms with Crippen LogP contribution in [0.25, 0.3) is 0 Å². The molecule has 142 valence electrons. The molecule has 0 bridgehead atoms. The second kappa shape index (κ2) is 7.28. The average molecular weight is 436 g/mol. The van der Waals surface area contributed by atoms with Crippen molar-refractivity contribution < 1.29 is 0 Å². The molecular weight excluding hydrogens is 413 g/mol. The van der Waals surface area contributed by atoms with Crippen molar-refractivity contribution in [2.45, 2.75) is 25.3 Å². The Labute approximate surface area is 171 Å². The van der Waals surface area contributed by atoms with Gasteiger partial charge in [-0.3, -0.25) is 0 Å². The molecule has 2 heterocycles. The van der Waals surface area contributed by atoms with Gasteiger partial charge in [0, 0.05) is 0 Å². The Balaban J connectivity index is 1.25. The Bertz CT molecular complexity index is 952. The molecule has 1 aliphatic heterocycles. The maximum absolute atomic E-state index is 6.67. The van der Waals surface area contributed by atoms with Gasteiger partial charge in [0.1, 0.15) is 0 Å². The molecule has 1 atom stereocenters. The van der Waals surface area contributed by atoms with E-state index in [0.717, 1.165) is 42.9 Å². The van der Waals surface area contributed by atoms with Crippen LogP contribution in [0.15, 0.2) is 60.8 Å². The Hall–Kier alpha value is -2.27. The van der Waals surface area contributed by atoms with Crippen LogP contribution in [0.1, 0.15) is 30.0 Å². The van der Waals surface area contributed by atoms with Gasteiger partial charge in [-0.1, -0.05) is 0 Å². The van der Waals surface area contributed by atoms with Gasteiger partial charge in [-0.2, -0.15) is 0 Å². The minimum absolute atomic E-state index is 0.140. The number of hydrogen-bond donors (Lipinski definition) is 1. The van der Waals surface area contributed by atoms with Crippen molar-refractivity contribution in [2.24, 2.45) is 11.1 Å². The minimum atomic E-state index is 0.140. The molecule has 1 spiro atoms. The third-order valence-electron chi connectivity index (χ3n) is 6.13. The van der Waals surface area contributed by atoms with E-state index in [4.69, 9.17) is 5.73 Å². The number of aromatic nitrogens is 3. The molecule has 1 saturated heterocycles. The number of piperidine rings is 1. The van der Waals surface area contributed by atoms with E-state index in [1.165, 1.54) is 15.6 Å². The van der Waals surface area contributed by atoms with Crippen LogP contribution < -0.4 is 19.7 Å². The fraction of sp³-hybridized carbons (Fsp3) is 0.318. The molecular formula is C22H23N5Se.